The molecule has 3 nitrogen and oxygen atoms in total. The Morgan fingerprint density at radius 2 is 2.10 bits per heavy atom. The van der Waals surface area contributed by atoms with E-state index in [1.807, 2.05) is 0 Å². The van der Waals surface area contributed by atoms with Gasteiger partial charge in [-0.3, -0.25) is 4.79 Å². The average Bonchev–Trinajstić information content (AvgIpc) is 2.33. The van der Waals surface area contributed by atoms with Gasteiger partial charge < -0.3 is 9.84 Å². The van der Waals surface area contributed by atoms with E-state index in [9.17, 15) is 4.79 Å². The molecule has 0 aromatic heterocycles. The first-order valence-electron chi connectivity index (χ1n) is 8.11. The number of carboxylic acid groups (broad SMARTS) is 1. The molecule has 1 aliphatic rings. The van der Waals surface area contributed by atoms with Gasteiger partial charge in [-0.2, -0.15) is 0 Å². The number of rotatable bonds is 8. The van der Waals surface area contributed by atoms with Gasteiger partial charge >= 0.3 is 5.97 Å². The highest BCUT2D eigenvalue weighted by atomic mass is 16.5. The van der Waals surface area contributed by atoms with E-state index in [0.29, 0.717) is 24.4 Å². The Labute approximate surface area is 124 Å². The zero-order chi connectivity index (χ0) is 15.2. The first-order valence-corrected chi connectivity index (χ1v) is 8.11. The minimum Gasteiger partial charge on any atom is -0.481 e. The van der Waals surface area contributed by atoms with Crippen molar-refractivity contribution in [3.8, 4) is 0 Å². The van der Waals surface area contributed by atoms with Gasteiger partial charge in [-0.15, -0.1) is 0 Å². The second-order valence-electron chi connectivity index (χ2n) is 7.57. The van der Waals surface area contributed by atoms with Crippen molar-refractivity contribution < 1.29 is 14.6 Å². The zero-order valence-corrected chi connectivity index (χ0v) is 13.7. The molecule has 1 aliphatic carbocycles. The van der Waals surface area contributed by atoms with E-state index in [1.165, 1.54) is 25.7 Å². The van der Waals surface area contributed by atoms with Gasteiger partial charge in [-0.05, 0) is 42.9 Å². The van der Waals surface area contributed by atoms with Crippen LogP contribution in [-0.4, -0.2) is 24.3 Å². The Bertz CT molecular complexity index is 299. The van der Waals surface area contributed by atoms with Crippen LogP contribution in [0, 0.1) is 23.2 Å². The molecule has 0 spiro atoms. The van der Waals surface area contributed by atoms with Gasteiger partial charge in [0, 0.05) is 13.2 Å². The Balaban J connectivity index is 2.11. The van der Waals surface area contributed by atoms with Crippen LogP contribution in [0.1, 0.15) is 66.2 Å². The molecule has 0 saturated heterocycles. The lowest BCUT2D eigenvalue weighted by atomic mass is 9.71. The molecule has 0 amide bonds. The molecule has 3 heteroatoms. The highest BCUT2D eigenvalue weighted by Gasteiger charge is 2.27. The topological polar surface area (TPSA) is 46.5 Å². The van der Waals surface area contributed by atoms with Crippen molar-refractivity contribution in [1.29, 1.82) is 0 Å². The molecule has 1 saturated carbocycles. The number of ether oxygens (including phenoxy) is 1. The molecule has 118 valence electrons. The zero-order valence-electron chi connectivity index (χ0n) is 13.7. The Hall–Kier alpha value is -0.570. The summed E-state index contributed by atoms with van der Waals surface area (Å²) in [6, 6.07) is 0. The molecule has 0 aromatic carbocycles. The Morgan fingerprint density at radius 3 is 2.70 bits per heavy atom. The maximum absolute atomic E-state index is 10.8. The second-order valence-corrected chi connectivity index (χ2v) is 7.57. The number of hydrogen-bond acceptors (Lipinski definition) is 2. The van der Waals surface area contributed by atoms with Crippen molar-refractivity contribution in [2.75, 3.05) is 13.2 Å². The van der Waals surface area contributed by atoms with Crippen molar-refractivity contribution in [3.05, 3.63) is 0 Å². The number of carboxylic acids is 1. The van der Waals surface area contributed by atoms with Crippen LogP contribution in [0.2, 0.25) is 0 Å². The molecule has 1 N–H and O–H groups in total. The third-order valence-electron chi connectivity index (χ3n) is 4.56. The monoisotopic (exact) mass is 284 g/mol. The van der Waals surface area contributed by atoms with Crippen LogP contribution in [0.5, 0.6) is 0 Å². The lowest BCUT2D eigenvalue weighted by molar-refractivity contribution is -0.141. The summed E-state index contributed by atoms with van der Waals surface area (Å²) in [6.07, 6.45) is 7.23. The minimum absolute atomic E-state index is 0.271. The normalized spacial score (nSPS) is 25.1. The fraction of sp³-hybridized carbons (Fsp3) is 0.941. The summed E-state index contributed by atoms with van der Waals surface area (Å²) in [6.45, 7) is 10.1. The van der Waals surface area contributed by atoms with Crippen LogP contribution < -0.4 is 0 Å². The van der Waals surface area contributed by atoms with Crippen LogP contribution >= 0.6 is 0 Å². The molecule has 0 radical (unpaired) electrons. The predicted octanol–water partition coefficient (Wildman–Crippen LogP) is 4.36. The van der Waals surface area contributed by atoms with Crippen LogP contribution in [0.25, 0.3) is 0 Å². The van der Waals surface area contributed by atoms with Gasteiger partial charge in [0.05, 0.1) is 5.92 Å². The molecule has 1 rings (SSSR count). The molecule has 20 heavy (non-hydrogen) atoms. The Morgan fingerprint density at radius 1 is 1.40 bits per heavy atom. The van der Waals surface area contributed by atoms with E-state index in [1.54, 1.807) is 6.92 Å². The SMILES string of the molecule is CC(COCCC1CCCC(C)(C)C1)CC(C)C(=O)O. The third-order valence-corrected chi connectivity index (χ3v) is 4.56. The number of hydrogen-bond donors (Lipinski definition) is 1. The quantitative estimate of drug-likeness (QED) is 0.674. The molecule has 0 bridgehead atoms. The molecule has 0 heterocycles. The molecule has 0 aliphatic heterocycles. The second kappa shape index (κ2) is 8.02. The molecule has 1 fully saturated rings. The van der Waals surface area contributed by atoms with Crippen LogP contribution in [-0.2, 0) is 9.53 Å². The summed E-state index contributed by atoms with van der Waals surface area (Å²) >= 11 is 0. The van der Waals surface area contributed by atoms with E-state index in [0.717, 1.165) is 18.9 Å². The number of aliphatic carboxylic acids is 1. The first kappa shape index (κ1) is 17.5. The van der Waals surface area contributed by atoms with Crippen molar-refractivity contribution in [2.45, 2.75) is 66.2 Å². The molecule has 3 atom stereocenters. The maximum atomic E-state index is 10.8. The Kier molecular flexibility index (Phi) is 7.01. The van der Waals surface area contributed by atoms with E-state index >= 15 is 0 Å². The van der Waals surface area contributed by atoms with Crippen molar-refractivity contribution in [2.24, 2.45) is 23.2 Å². The largest absolute Gasteiger partial charge is 0.481 e. The van der Waals surface area contributed by atoms with Gasteiger partial charge in [-0.25, -0.2) is 0 Å². The van der Waals surface area contributed by atoms with Crippen LogP contribution in [0.15, 0.2) is 0 Å². The third kappa shape index (κ3) is 6.74. The van der Waals surface area contributed by atoms with E-state index < -0.39 is 5.97 Å². The van der Waals surface area contributed by atoms with E-state index in [2.05, 4.69) is 20.8 Å². The molecule has 0 aromatic rings. The van der Waals surface area contributed by atoms with E-state index in [4.69, 9.17) is 9.84 Å². The lowest BCUT2D eigenvalue weighted by Crippen LogP contribution is -2.24. The molecular weight excluding hydrogens is 252 g/mol. The maximum Gasteiger partial charge on any atom is 0.306 e. The predicted molar refractivity (Wildman–Crippen MR) is 81.8 cm³/mol. The summed E-state index contributed by atoms with van der Waals surface area (Å²) in [4.78, 5) is 10.8. The fourth-order valence-electron chi connectivity index (χ4n) is 3.41. The lowest BCUT2D eigenvalue weighted by Gasteiger charge is -2.35. The summed E-state index contributed by atoms with van der Waals surface area (Å²) in [5, 5.41) is 8.88. The standard InChI is InChI=1S/C17H32O3/c1-13(10-14(2)16(18)19)12-20-9-7-15-6-5-8-17(3,4)11-15/h13-15H,5-12H2,1-4H3,(H,18,19). The average molecular weight is 284 g/mol. The van der Waals surface area contributed by atoms with Crippen molar-refractivity contribution in [3.63, 3.8) is 0 Å². The fourth-order valence-corrected chi connectivity index (χ4v) is 3.41. The van der Waals surface area contributed by atoms with Crippen LogP contribution in [0.4, 0.5) is 0 Å². The summed E-state index contributed by atoms with van der Waals surface area (Å²) < 4.78 is 5.75. The van der Waals surface area contributed by atoms with Gasteiger partial charge in [-0.1, -0.05) is 40.5 Å². The van der Waals surface area contributed by atoms with Gasteiger partial charge in [0.1, 0.15) is 0 Å². The first-order chi connectivity index (χ1) is 9.30. The molecular formula is C17H32O3. The summed E-state index contributed by atoms with van der Waals surface area (Å²) in [7, 11) is 0. The van der Waals surface area contributed by atoms with Crippen molar-refractivity contribution in [1.82, 2.24) is 0 Å². The highest BCUT2D eigenvalue weighted by Crippen LogP contribution is 2.39. The smallest absolute Gasteiger partial charge is 0.306 e. The minimum atomic E-state index is -0.707. The summed E-state index contributed by atoms with van der Waals surface area (Å²) in [5.41, 5.74) is 0.507. The van der Waals surface area contributed by atoms with Crippen molar-refractivity contribution >= 4 is 5.97 Å². The van der Waals surface area contributed by atoms with Gasteiger partial charge in [0.25, 0.3) is 0 Å². The van der Waals surface area contributed by atoms with E-state index in [-0.39, 0.29) is 5.92 Å². The van der Waals surface area contributed by atoms with Gasteiger partial charge in [0.15, 0.2) is 0 Å². The number of carbonyl (C=O) groups is 1. The highest BCUT2D eigenvalue weighted by molar-refractivity contribution is 5.69. The van der Waals surface area contributed by atoms with Crippen LogP contribution in [0.3, 0.4) is 0 Å². The van der Waals surface area contributed by atoms with Gasteiger partial charge in [0.2, 0.25) is 0 Å². The summed E-state index contributed by atoms with van der Waals surface area (Å²) in [5.74, 6) is 0.157. The molecule has 3 unspecified atom stereocenters.